The van der Waals surface area contributed by atoms with E-state index in [1.54, 1.807) is 18.2 Å². The third-order valence-electron chi connectivity index (χ3n) is 2.86. The molecule has 0 aliphatic rings. The molecule has 0 aliphatic heterocycles. The maximum absolute atomic E-state index is 11.9. The number of nitrogens with one attached hydrogen (secondary N) is 2. The van der Waals surface area contributed by atoms with Crippen LogP contribution in [-0.4, -0.2) is 32.5 Å². The van der Waals surface area contributed by atoms with E-state index in [0.717, 1.165) is 12.1 Å². The average Bonchev–Trinajstić information content (AvgIpc) is 2.42. The molecule has 5 nitrogen and oxygen atoms in total. The minimum atomic E-state index is -0.202. The number of benzene rings is 1. The standard InChI is InChI=1S/C15H22ClN3O2/c1-4-10-17-13(20)8-9-14(21)18-12-7-5-6-11(16)15(12)19(2)3/h5-7H,4,8-10H2,1-3H3,(H,17,20)(H,18,21). The topological polar surface area (TPSA) is 61.4 Å². The minimum Gasteiger partial charge on any atom is -0.375 e. The summed E-state index contributed by atoms with van der Waals surface area (Å²) in [7, 11) is 3.71. The second-order valence-electron chi connectivity index (χ2n) is 4.93. The Morgan fingerprint density at radius 3 is 2.48 bits per heavy atom. The van der Waals surface area contributed by atoms with Crippen molar-refractivity contribution in [3.63, 3.8) is 0 Å². The Bertz CT molecular complexity index is 504. The number of carbonyl (C=O) groups is 2. The Kier molecular flexibility index (Phi) is 7.02. The molecule has 0 radical (unpaired) electrons. The van der Waals surface area contributed by atoms with E-state index >= 15 is 0 Å². The first-order valence-corrected chi connectivity index (χ1v) is 7.36. The number of hydrogen-bond acceptors (Lipinski definition) is 3. The van der Waals surface area contributed by atoms with Crippen molar-refractivity contribution in [2.75, 3.05) is 30.9 Å². The lowest BCUT2D eigenvalue weighted by molar-refractivity contribution is -0.124. The van der Waals surface area contributed by atoms with E-state index in [9.17, 15) is 9.59 Å². The van der Waals surface area contributed by atoms with Crippen molar-refractivity contribution in [2.45, 2.75) is 26.2 Å². The van der Waals surface area contributed by atoms with Gasteiger partial charge in [-0.15, -0.1) is 0 Å². The zero-order valence-corrected chi connectivity index (χ0v) is 13.5. The monoisotopic (exact) mass is 311 g/mol. The molecule has 21 heavy (non-hydrogen) atoms. The van der Waals surface area contributed by atoms with Gasteiger partial charge in [0.05, 0.1) is 16.4 Å². The van der Waals surface area contributed by atoms with Crippen LogP contribution >= 0.6 is 11.6 Å². The second-order valence-corrected chi connectivity index (χ2v) is 5.34. The Labute approximate surface area is 130 Å². The van der Waals surface area contributed by atoms with Crippen molar-refractivity contribution in [1.82, 2.24) is 5.32 Å². The number of carbonyl (C=O) groups excluding carboxylic acids is 2. The molecular weight excluding hydrogens is 290 g/mol. The fourth-order valence-corrected chi connectivity index (χ4v) is 2.21. The van der Waals surface area contributed by atoms with Crippen molar-refractivity contribution in [1.29, 1.82) is 0 Å². The van der Waals surface area contributed by atoms with Gasteiger partial charge in [0.2, 0.25) is 11.8 Å². The fraction of sp³-hybridized carbons (Fsp3) is 0.467. The molecule has 0 aromatic heterocycles. The van der Waals surface area contributed by atoms with Gasteiger partial charge >= 0.3 is 0 Å². The summed E-state index contributed by atoms with van der Waals surface area (Å²) in [6.07, 6.45) is 1.21. The number of halogens is 1. The number of rotatable bonds is 7. The summed E-state index contributed by atoms with van der Waals surface area (Å²) in [6.45, 7) is 2.62. The molecule has 1 rings (SSSR count). The third-order valence-corrected chi connectivity index (χ3v) is 3.16. The van der Waals surface area contributed by atoms with Crippen molar-refractivity contribution < 1.29 is 9.59 Å². The second kappa shape index (κ2) is 8.52. The molecule has 2 amide bonds. The van der Waals surface area contributed by atoms with Gasteiger partial charge in [-0.05, 0) is 18.6 Å². The average molecular weight is 312 g/mol. The highest BCUT2D eigenvalue weighted by Crippen LogP contribution is 2.32. The molecule has 0 bridgehead atoms. The van der Waals surface area contributed by atoms with Crippen LogP contribution in [0.2, 0.25) is 5.02 Å². The molecule has 1 aromatic rings. The highest BCUT2D eigenvalue weighted by Gasteiger charge is 2.12. The van der Waals surface area contributed by atoms with Gasteiger partial charge in [-0.25, -0.2) is 0 Å². The molecule has 116 valence electrons. The highest BCUT2D eigenvalue weighted by molar-refractivity contribution is 6.34. The van der Waals surface area contributed by atoms with E-state index in [1.165, 1.54) is 0 Å². The number of para-hydroxylation sites is 1. The molecular formula is C15H22ClN3O2. The Hall–Kier alpha value is -1.75. The van der Waals surface area contributed by atoms with E-state index in [0.29, 0.717) is 17.3 Å². The van der Waals surface area contributed by atoms with Crippen LogP contribution in [0.5, 0.6) is 0 Å². The van der Waals surface area contributed by atoms with Gasteiger partial charge in [-0.1, -0.05) is 24.6 Å². The van der Waals surface area contributed by atoms with E-state index in [-0.39, 0.29) is 24.7 Å². The first-order chi connectivity index (χ1) is 9.95. The lowest BCUT2D eigenvalue weighted by Gasteiger charge is -2.19. The van der Waals surface area contributed by atoms with Crippen LogP contribution in [0.25, 0.3) is 0 Å². The molecule has 0 heterocycles. The summed E-state index contributed by atoms with van der Waals surface area (Å²) in [6, 6.07) is 5.33. The quantitative estimate of drug-likeness (QED) is 0.814. The van der Waals surface area contributed by atoms with Gasteiger partial charge in [-0.3, -0.25) is 9.59 Å². The van der Waals surface area contributed by atoms with Gasteiger partial charge in [-0.2, -0.15) is 0 Å². The SMILES string of the molecule is CCCNC(=O)CCC(=O)Nc1cccc(Cl)c1N(C)C. The summed E-state index contributed by atoms with van der Waals surface area (Å²) < 4.78 is 0. The predicted molar refractivity (Wildman–Crippen MR) is 86.9 cm³/mol. The van der Waals surface area contributed by atoms with Crippen LogP contribution in [0.1, 0.15) is 26.2 Å². The van der Waals surface area contributed by atoms with E-state index in [1.807, 2.05) is 25.9 Å². The lowest BCUT2D eigenvalue weighted by atomic mass is 10.2. The van der Waals surface area contributed by atoms with Crippen LogP contribution in [-0.2, 0) is 9.59 Å². The fourth-order valence-electron chi connectivity index (χ4n) is 1.86. The smallest absolute Gasteiger partial charge is 0.224 e. The maximum Gasteiger partial charge on any atom is 0.224 e. The number of nitrogens with zero attached hydrogens (tertiary/aromatic N) is 1. The van der Waals surface area contributed by atoms with Crippen LogP contribution in [0.4, 0.5) is 11.4 Å². The molecule has 1 aromatic carbocycles. The van der Waals surface area contributed by atoms with Crippen LogP contribution in [0.15, 0.2) is 18.2 Å². The van der Waals surface area contributed by atoms with E-state index in [2.05, 4.69) is 10.6 Å². The van der Waals surface area contributed by atoms with Crippen molar-refractivity contribution in [2.24, 2.45) is 0 Å². The number of amides is 2. The zero-order chi connectivity index (χ0) is 15.8. The van der Waals surface area contributed by atoms with Crippen molar-refractivity contribution in [3.05, 3.63) is 23.2 Å². The van der Waals surface area contributed by atoms with Crippen molar-refractivity contribution >= 4 is 34.8 Å². The molecule has 0 saturated carbocycles. The Balaban J connectivity index is 2.59. The minimum absolute atomic E-state index is 0.106. The normalized spacial score (nSPS) is 10.1. The van der Waals surface area contributed by atoms with E-state index in [4.69, 9.17) is 11.6 Å². The predicted octanol–water partition coefficient (Wildman–Crippen LogP) is 2.65. The van der Waals surface area contributed by atoms with Gasteiger partial charge in [0.25, 0.3) is 0 Å². The summed E-state index contributed by atoms with van der Waals surface area (Å²) in [5, 5.41) is 6.11. The highest BCUT2D eigenvalue weighted by atomic mass is 35.5. The summed E-state index contributed by atoms with van der Waals surface area (Å²) in [5.74, 6) is -0.307. The van der Waals surface area contributed by atoms with Gasteiger partial charge < -0.3 is 15.5 Å². The summed E-state index contributed by atoms with van der Waals surface area (Å²) >= 11 is 6.14. The Morgan fingerprint density at radius 2 is 1.86 bits per heavy atom. The first-order valence-electron chi connectivity index (χ1n) is 6.98. The van der Waals surface area contributed by atoms with Crippen LogP contribution in [0, 0.1) is 0 Å². The molecule has 0 spiro atoms. The number of hydrogen-bond donors (Lipinski definition) is 2. The third kappa shape index (κ3) is 5.63. The molecule has 6 heteroatoms. The molecule has 0 atom stereocenters. The van der Waals surface area contributed by atoms with Crippen molar-refractivity contribution in [3.8, 4) is 0 Å². The maximum atomic E-state index is 11.9. The first kappa shape index (κ1) is 17.3. The number of anilines is 2. The zero-order valence-electron chi connectivity index (χ0n) is 12.7. The Morgan fingerprint density at radius 1 is 1.19 bits per heavy atom. The van der Waals surface area contributed by atoms with Crippen LogP contribution in [0.3, 0.4) is 0 Å². The van der Waals surface area contributed by atoms with Gasteiger partial charge in [0, 0.05) is 33.5 Å². The van der Waals surface area contributed by atoms with Gasteiger partial charge in [0.15, 0.2) is 0 Å². The lowest BCUT2D eigenvalue weighted by Crippen LogP contribution is -2.25. The summed E-state index contributed by atoms with van der Waals surface area (Å²) in [4.78, 5) is 25.2. The largest absolute Gasteiger partial charge is 0.375 e. The molecule has 0 saturated heterocycles. The van der Waals surface area contributed by atoms with E-state index < -0.39 is 0 Å². The molecule has 0 aliphatic carbocycles. The molecule has 0 unspecified atom stereocenters. The molecule has 2 N–H and O–H groups in total. The molecule has 0 fully saturated rings. The van der Waals surface area contributed by atoms with Crippen LogP contribution < -0.4 is 15.5 Å². The summed E-state index contributed by atoms with van der Waals surface area (Å²) in [5.41, 5.74) is 1.40. The van der Waals surface area contributed by atoms with Gasteiger partial charge in [0.1, 0.15) is 0 Å².